The highest BCUT2D eigenvalue weighted by atomic mass is 16.5. The van der Waals surface area contributed by atoms with E-state index in [1.54, 1.807) is 4.90 Å². The lowest BCUT2D eigenvalue weighted by Gasteiger charge is -2.54. The third-order valence-corrected chi connectivity index (χ3v) is 7.14. The quantitative estimate of drug-likeness (QED) is 0.371. The van der Waals surface area contributed by atoms with Crippen LogP contribution in [-0.4, -0.2) is 73.6 Å². The highest BCUT2D eigenvalue weighted by molar-refractivity contribution is 5.93. The van der Waals surface area contributed by atoms with Crippen LogP contribution in [-0.2, 0) is 19.1 Å². The first-order chi connectivity index (χ1) is 16.8. The second-order valence-corrected chi connectivity index (χ2v) is 9.36. The van der Waals surface area contributed by atoms with Crippen molar-refractivity contribution in [2.24, 2.45) is 5.41 Å². The molecule has 8 nitrogen and oxygen atoms in total. The maximum atomic E-state index is 13.1. The molecule has 1 saturated heterocycles. The molecule has 0 unspecified atom stereocenters. The molecule has 0 saturated carbocycles. The van der Waals surface area contributed by atoms with Crippen LogP contribution in [0.25, 0.3) is 0 Å². The summed E-state index contributed by atoms with van der Waals surface area (Å²) in [5.74, 6) is -0.419. The molecule has 1 fully saturated rings. The van der Waals surface area contributed by atoms with Crippen molar-refractivity contribution in [1.82, 2.24) is 20.4 Å². The molecular formula is C27H44N4O4. The van der Waals surface area contributed by atoms with Crippen molar-refractivity contribution in [2.75, 3.05) is 39.8 Å². The number of likely N-dealkylation sites (N-methyl/N-ethyl adjacent to an activating group) is 2. The Kier molecular flexibility index (Phi) is 11.2. The number of hydrogen-bond acceptors (Lipinski definition) is 5. The van der Waals surface area contributed by atoms with Gasteiger partial charge in [-0.05, 0) is 45.7 Å². The fourth-order valence-corrected chi connectivity index (χ4v) is 4.79. The molecule has 1 aliphatic rings. The summed E-state index contributed by atoms with van der Waals surface area (Å²) in [5.41, 5.74) is 1.53. The first-order valence-corrected chi connectivity index (χ1v) is 13.0. The number of carbonyl (C=O) groups is 3. The monoisotopic (exact) mass is 488 g/mol. The zero-order valence-electron chi connectivity index (χ0n) is 22.4. The number of likely N-dealkylation sites (tertiary alicyclic amines) is 1. The van der Waals surface area contributed by atoms with Crippen LogP contribution < -0.4 is 10.6 Å². The minimum absolute atomic E-state index is 0.0806. The van der Waals surface area contributed by atoms with Gasteiger partial charge in [0.15, 0.2) is 0 Å². The number of ether oxygens (including phenoxy) is 1. The Labute approximate surface area is 210 Å². The van der Waals surface area contributed by atoms with Crippen molar-refractivity contribution in [3.8, 4) is 0 Å². The van der Waals surface area contributed by atoms with Crippen molar-refractivity contribution < 1.29 is 19.1 Å². The van der Waals surface area contributed by atoms with Gasteiger partial charge in [0.25, 0.3) is 0 Å². The molecule has 0 aliphatic carbocycles. The second-order valence-electron chi connectivity index (χ2n) is 9.36. The first-order valence-electron chi connectivity index (χ1n) is 13.0. The number of amides is 3. The van der Waals surface area contributed by atoms with E-state index in [4.69, 9.17) is 4.74 Å². The molecule has 1 aromatic carbocycles. The number of β-lactam (4-membered cyclic amide) rings is 1. The fourth-order valence-electron chi connectivity index (χ4n) is 4.79. The number of hydrogen-bond donors (Lipinski definition) is 2. The number of nitrogens with one attached hydrogen (secondary N) is 2. The Hall–Kier alpha value is -2.45. The van der Waals surface area contributed by atoms with E-state index in [2.05, 4.69) is 17.6 Å². The Morgan fingerprint density at radius 2 is 1.80 bits per heavy atom. The van der Waals surface area contributed by atoms with E-state index in [-0.39, 0.29) is 36.9 Å². The lowest BCUT2D eigenvalue weighted by molar-refractivity contribution is -0.224. The number of benzene rings is 1. The number of aryl methyl sites for hydroxylation is 1. The Balaban J connectivity index is 2.08. The topological polar surface area (TPSA) is 91.0 Å². The molecule has 1 heterocycles. The van der Waals surface area contributed by atoms with Crippen LogP contribution in [0.3, 0.4) is 0 Å². The molecule has 1 aliphatic heterocycles. The van der Waals surface area contributed by atoms with Gasteiger partial charge >= 0.3 is 0 Å². The van der Waals surface area contributed by atoms with Gasteiger partial charge in [-0.3, -0.25) is 14.4 Å². The zero-order chi connectivity index (χ0) is 26.0. The van der Waals surface area contributed by atoms with E-state index in [1.807, 2.05) is 59.0 Å². The standard InChI is InChI=1S/C27H44N4O4/c1-7-11-22(21-14-12-20(5)13-15-21)29-23(32)18-31-25(34)27(8-2,9-3)26(31)35-19-24(33)30(10-4)17-16-28-6/h12-15,22,26,28H,7-11,16-19H2,1-6H3,(H,29,32)/t22-,26+/m1/s1. The average Bonchev–Trinajstić information content (AvgIpc) is 2.85. The summed E-state index contributed by atoms with van der Waals surface area (Å²) < 4.78 is 6.05. The largest absolute Gasteiger partial charge is 0.348 e. The van der Waals surface area contributed by atoms with Crippen LogP contribution in [0, 0.1) is 12.3 Å². The molecule has 2 N–H and O–H groups in total. The van der Waals surface area contributed by atoms with E-state index in [1.165, 1.54) is 10.5 Å². The molecule has 0 aromatic heterocycles. The maximum absolute atomic E-state index is 13.1. The summed E-state index contributed by atoms with van der Waals surface area (Å²) >= 11 is 0. The van der Waals surface area contributed by atoms with Crippen LogP contribution in [0.4, 0.5) is 0 Å². The molecule has 2 atom stereocenters. The normalized spacial score (nSPS) is 17.6. The SMILES string of the molecule is CCC[C@@H](NC(=O)CN1C(=O)C(CC)(CC)[C@@H]1OCC(=O)N(CC)CCNC)c1ccc(C)cc1. The van der Waals surface area contributed by atoms with Crippen LogP contribution >= 0.6 is 0 Å². The van der Waals surface area contributed by atoms with Gasteiger partial charge in [0.2, 0.25) is 17.7 Å². The predicted molar refractivity (Wildman–Crippen MR) is 138 cm³/mol. The molecular weight excluding hydrogens is 444 g/mol. The van der Waals surface area contributed by atoms with Crippen molar-refractivity contribution >= 4 is 17.7 Å². The summed E-state index contributed by atoms with van der Waals surface area (Å²) in [6.07, 6.45) is 2.33. The average molecular weight is 489 g/mol. The van der Waals surface area contributed by atoms with Gasteiger partial charge in [-0.2, -0.15) is 0 Å². The van der Waals surface area contributed by atoms with Crippen LogP contribution in [0.5, 0.6) is 0 Å². The van der Waals surface area contributed by atoms with Crippen molar-refractivity contribution in [2.45, 2.75) is 72.6 Å². The van der Waals surface area contributed by atoms with Crippen molar-refractivity contribution in [3.63, 3.8) is 0 Å². The number of nitrogens with zero attached hydrogens (tertiary/aromatic N) is 2. The van der Waals surface area contributed by atoms with Crippen molar-refractivity contribution in [1.29, 1.82) is 0 Å². The van der Waals surface area contributed by atoms with Crippen LogP contribution in [0.2, 0.25) is 0 Å². The highest BCUT2D eigenvalue weighted by Crippen LogP contribution is 2.45. The number of rotatable bonds is 15. The molecule has 0 bridgehead atoms. The predicted octanol–water partition coefficient (Wildman–Crippen LogP) is 3.01. The molecule has 0 spiro atoms. The fraction of sp³-hybridized carbons (Fsp3) is 0.667. The Morgan fingerprint density at radius 1 is 1.14 bits per heavy atom. The zero-order valence-corrected chi connectivity index (χ0v) is 22.4. The minimum Gasteiger partial charge on any atom is -0.348 e. The first kappa shape index (κ1) is 28.8. The van der Waals surface area contributed by atoms with Gasteiger partial charge in [0.05, 0.1) is 11.5 Å². The van der Waals surface area contributed by atoms with E-state index < -0.39 is 11.6 Å². The van der Waals surface area contributed by atoms with E-state index in [0.717, 1.165) is 18.4 Å². The van der Waals surface area contributed by atoms with Crippen molar-refractivity contribution in [3.05, 3.63) is 35.4 Å². The van der Waals surface area contributed by atoms with E-state index in [9.17, 15) is 14.4 Å². The molecule has 8 heteroatoms. The molecule has 3 amide bonds. The lowest BCUT2D eigenvalue weighted by Crippen LogP contribution is -2.71. The summed E-state index contributed by atoms with van der Waals surface area (Å²) in [6, 6.07) is 8.04. The van der Waals surface area contributed by atoms with E-state index >= 15 is 0 Å². The summed E-state index contributed by atoms with van der Waals surface area (Å²) in [4.78, 5) is 42.1. The smallest absolute Gasteiger partial charge is 0.248 e. The van der Waals surface area contributed by atoms with Gasteiger partial charge < -0.3 is 25.2 Å². The van der Waals surface area contributed by atoms with Gasteiger partial charge in [-0.15, -0.1) is 0 Å². The summed E-state index contributed by atoms with van der Waals surface area (Å²) in [7, 11) is 1.85. The van der Waals surface area contributed by atoms with Crippen LogP contribution in [0.1, 0.15) is 70.5 Å². The van der Waals surface area contributed by atoms with Gasteiger partial charge in [0, 0.05) is 19.6 Å². The molecule has 196 valence electrons. The molecule has 0 radical (unpaired) electrons. The summed E-state index contributed by atoms with van der Waals surface area (Å²) in [6.45, 7) is 11.6. The molecule has 1 aromatic rings. The van der Waals surface area contributed by atoms with Gasteiger partial charge in [-0.25, -0.2) is 0 Å². The Morgan fingerprint density at radius 3 is 2.34 bits per heavy atom. The Bertz CT molecular complexity index is 838. The summed E-state index contributed by atoms with van der Waals surface area (Å²) in [5, 5.41) is 6.15. The van der Waals surface area contributed by atoms with Gasteiger partial charge in [-0.1, -0.05) is 57.0 Å². The third kappa shape index (κ3) is 6.82. The second kappa shape index (κ2) is 13.6. The molecule has 35 heavy (non-hydrogen) atoms. The minimum atomic E-state index is -0.692. The number of carbonyl (C=O) groups excluding carboxylic acids is 3. The van der Waals surface area contributed by atoms with Gasteiger partial charge in [0.1, 0.15) is 19.4 Å². The highest BCUT2D eigenvalue weighted by Gasteiger charge is 2.59. The maximum Gasteiger partial charge on any atom is 0.248 e. The van der Waals surface area contributed by atoms with Crippen LogP contribution in [0.15, 0.2) is 24.3 Å². The van der Waals surface area contributed by atoms with E-state index in [0.29, 0.717) is 32.5 Å². The lowest BCUT2D eigenvalue weighted by atomic mass is 9.71. The molecule has 2 rings (SSSR count). The third-order valence-electron chi connectivity index (χ3n) is 7.14.